The third kappa shape index (κ3) is 6.39. The van der Waals surface area contributed by atoms with E-state index in [1.54, 1.807) is 11.8 Å². The number of hydrogen-bond acceptors (Lipinski definition) is 3. The van der Waals surface area contributed by atoms with Crippen molar-refractivity contribution in [3.8, 4) is 0 Å². The monoisotopic (exact) mass is 321 g/mol. The maximum Gasteiger partial charge on any atom is 0.416 e. The Bertz CT molecular complexity index is 466. The van der Waals surface area contributed by atoms with Gasteiger partial charge in [0.05, 0.1) is 11.7 Å². The largest absolute Gasteiger partial charge is 0.416 e. The van der Waals surface area contributed by atoms with E-state index < -0.39 is 17.8 Å². The number of alkyl halides is 3. The lowest BCUT2D eigenvalue weighted by atomic mass is 10.1. The average Bonchev–Trinajstić information content (AvgIpc) is 2.44. The molecular weight excluding hydrogens is 303 g/mol. The first-order valence-electron chi connectivity index (χ1n) is 6.54. The summed E-state index contributed by atoms with van der Waals surface area (Å²) in [5.41, 5.74) is -0.683. The van der Waals surface area contributed by atoms with Gasteiger partial charge in [-0.2, -0.15) is 24.9 Å². The molecule has 1 aromatic rings. The zero-order valence-corrected chi connectivity index (χ0v) is 12.4. The first-order valence-corrected chi connectivity index (χ1v) is 7.69. The second-order valence-electron chi connectivity index (χ2n) is 4.39. The van der Waals surface area contributed by atoms with E-state index in [-0.39, 0.29) is 18.0 Å². The lowest BCUT2D eigenvalue weighted by Gasteiger charge is -2.14. The van der Waals surface area contributed by atoms with Gasteiger partial charge in [-0.25, -0.2) is 0 Å². The van der Waals surface area contributed by atoms with Gasteiger partial charge in [0.1, 0.15) is 0 Å². The summed E-state index contributed by atoms with van der Waals surface area (Å²) in [6.45, 7) is 1.89. The number of halogens is 3. The number of carbonyl (C=O) groups excluding carboxylic acids is 1. The molecule has 1 unspecified atom stereocenters. The van der Waals surface area contributed by atoms with E-state index in [0.29, 0.717) is 12.2 Å². The highest BCUT2D eigenvalue weighted by atomic mass is 32.2. The third-order valence-corrected chi connectivity index (χ3v) is 3.67. The topological polar surface area (TPSA) is 49.3 Å². The Balaban J connectivity index is 2.52. The van der Waals surface area contributed by atoms with Crippen LogP contribution in [-0.2, 0) is 11.0 Å². The van der Waals surface area contributed by atoms with Crippen LogP contribution in [-0.4, -0.2) is 29.1 Å². The SMILES string of the molecule is CCSCCC(=O)NCC(O)c1cccc(C(F)(F)F)c1. The van der Waals surface area contributed by atoms with Crippen LogP contribution in [0, 0.1) is 0 Å². The first kappa shape index (κ1) is 17.8. The summed E-state index contributed by atoms with van der Waals surface area (Å²) in [5, 5.41) is 12.4. The van der Waals surface area contributed by atoms with Crippen molar-refractivity contribution in [1.82, 2.24) is 5.32 Å². The molecule has 0 aliphatic rings. The molecule has 0 saturated carbocycles. The number of thioether (sulfide) groups is 1. The number of hydrogen-bond donors (Lipinski definition) is 2. The molecule has 0 bridgehead atoms. The molecule has 21 heavy (non-hydrogen) atoms. The van der Waals surface area contributed by atoms with Gasteiger partial charge in [-0.15, -0.1) is 0 Å². The normalized spacial score (nSPS) is 13.0. The van der Waals surface area contributed by atoms with Crippen molar-refractivity contribution in [2.24, 2.45) is 0 Å². The molecule has 118 valence electrons. The number of rotatable bonds is 7. The van der Waals surface area contributed by atoms with E-state index in [4.69, 9.17) is 0 Å². The van der Waals surface area contributed by atoms with Crippen molar-refractivity contribution >= 4 is 17.7 Å². The minimum Gasteiger partial charge on any atom is -0.387 e. The van der Waals surface area contributed by atoms with Gasteiger partial charge < -0.3 is 10.4 Å². The summed E-state index contributed by atoms with van der Waals surface area (Å²) in [6, 6.07) is 4.47. The van der Waals surface area contributed by atoms with Crippen molar-refractivity contribution in [2.75, 3.05) is 18.1 Å². The van der Waals surface area contributed by atoms with Crippen LogP contribution in [0.1, 0.15) is 30.6 Å². The van der Waals surface area contributed by atoms with Gasteiger partial charge in [0, 0.05) is 18.7 Å². The van der Waals surface area contributed by atoms with E-state index in [9.17, 15) is 23.1 Å². The summed E-state index contributed by atoms with van der Waals surface area (Å²) < 4.78 is 37.7. The van der Waals surface area contributed by atoms with Crippen LogP contribution in [0.25, 0.3) is 0 Å². The molecule has 2 N–H and O–H groups in total. The van der Waals surface area contributed by atoms with Crippen LogP contribution < -0.4 is 5.32 Å². The Morgan fingerprint density at radius 3 is 2.76 bits per heavy atom. The fourth-order valence-corrected chi connectivity index (χ4v) is 2.27. The highest BCUT2D eigenvalue weighted by Gasteiger charge is 2.30. The van der Waals surface area contributed by atoms with Gasteiger partial charge >= 0.3 is 6.18 Å². The third-order valence-electron chi connectivity index (χ3n) is 2.77. The molecule has 0 saturated heterocycles. The number of amides is 1. The Morgan fingerprint density at radius 2 is 2.14 bits per heavy atom. The minimum absolute atomic E-state index is 0.100. The van der Waals surface area contributed by atoms with Crippen LogP contribution in [0.15, 0.2) is 24.3 Å². The number of benzene rings is 1. The molecule has 1 rings (SSSR count). The second-order valence-corrected chi connectivity index (χ2v) is 5.78. The maximum atomic E-state index is 12.6. The molecule has 0 aromatic heterocycles. The predicted octanol–water partition coefficient (Wildman–Crippen LogP) is 3.00. The zero-order valence-electron chi connectivity index (χ0n) is 11.6. The van der Waals surface area contributed by atoms with Crippen molar-refractivity contribution in [3.63, 3.8) is 0 Å². The van der Waals surface area contributed by atoms with Crippen LogP contribution in [0.2, 0.25) is 0 Å². The first-order chi connectivity index (χ1) is 9.84. The predicted molar refractivity (Wildman–Crippen MR) is 77.0 cm³/mol. The van der Waals surface area contributed by atoms with Crippen molar-refractivity contribution < 1.29 is 23.1 Å². The molecule has 1 atom stereocenters. The lowest BCUT2D eigenvalue weighted by molar-refractivity contribution is -0.137. The summed E-state index contributed by atoms with van der Waals surface area (Å²) in [4.78, 5) is 11.5. The summed E-state index contributed by atoms with van der Waals surface area (Å²) in [7, 11) is 0. The van der Waals surface area contributed by atoms with Gasteiger partial charge in [0.2, 0.25) is 5.91 Å². The van der Waals surface area contributed by atoms with Crippen LogP contribution in [0.5, 0.6) is 0 Å². The van der Waals surface area contributed by atoms with Gasteiger partial charge in [0.15, 0.2) is 0 Å². The Hall–Kier alpha value is -1.21. The Morgan fingerprint density at radius 1 is 1.43 bits per heavy atom. The van der Waals surface area contributed by atoms with Crippen molar-refractivity contribution in [2.45, 2.75) is 25.6 Å². The second kappa shape index (κ2) is 8.29. The van der Waals surface area contributed by atoms with Crippen molar-refractivity contribution in [1.29, 1.82) is 0 Å². The number of carbonyl (C=O) groups is 1. The van der Waals surface area contributed by atoms with Gasteiger partial charge in [-0.05, 0) is 23.4 Å². The Kier molecular flexibility index (Phi) is 7.04. The summed E-state index contributed by atoms with van der Waals surface area (Å²) in [6.07, 6.45) is -5.28. The maximum absolute atomic E-state index is 12.6. The Labute approximate surface area is 125 Å². The minimum atomic E-state index is -4.45. The average molecular weight is 321 g/mol. The number of aliphatic hydroxyl groups is 1. The fraction of sp³-hybridized carbons (Fsp3) is 0.500. The summed E-state index contributed by atoms with van der Waals surface area (Å²) >= 11 is 1.62. The van der Waals surface area contributed by atoms with Gasteiger partial charge in [-0.3, -0.25) is 4.79 Å². The lowest BCUT2D eigenvalue weighted by Crippen LogP contribution is -2.28. The van der Waals surface area contributed by atoms with E-state index in [0.717, 1.165) is 17.9 Å². The van der Waals surface area contributed by atoms with E-state index in [1.807, 2.05) is 6.92 Å². The van der Waals surface area contributed by atoms with Crippen molar-refractivity contribution in [3.05, 3.63) is 35.4 Å². The van der Waals surface area contributed by atoms with Crippen LogP contribution >= 0.6 is 11.8 Å². The molecule has 0 aliphatic heterocycles. The van der Waals surface area contributed by atoms with Gasteiger partial charge in [0.25, 0.3) is 0 Å². The standard InChI is InChI=1S/C14H18F3NO2S/c1-2-21-7-6-13(20)18-9-12(19)10-4-3-5-11(8-10)14(15,16)17/h3-5,8,12,19H,2,6-7,9H2,1H3,(H,18,20). The highest BCUT2D eigenvalue weighted by Crippen LogP contribution is 2.30. The van der Waals surface area contributed by atoms with E-state index in [2.05, 4.69) is 5.32 Å². The van der Waals surface area contributed by atoms with Gasteiger partial charge in [-0.1, -0.05) is 19.1 Å². The quantitative estimate of drug-likeness (QED) is 0.759. The molecule has 7 heteroatoms. The summed E-state index contributed by atoms with van der Waals surface area (Å²) in [5.74, 6) is 1.38. The molecular formula is C14H18F3NO2S. The zero-order chi connectivity index (χ0) is 15.9. The van der Waals surface area contributed by atoms with Crippen LogP contribution in [0.4, 0.5) is 13.2 Å². The molecule has 0 heterocycles. The number of nitrogens with one attached hydrogen (secondary N) is 1. The van der Waals surface area contributed by atoms with E-state index in [1.165, 1.54) is 12.1 Å². The van der Waals surface area contributed by atoms with Crippen LogP contribution in [0.3, 0.4) is 0 Å². The fourth-order valence-electron chi connectivity index (χ4n) is 1.65. The highest BCUT2D eigenvalue weighted by molar-refractivity contribution is 7.99. The van der Waals surface area contributed by atoms with E-state index >= 15 is 0 Å². The number of aliphatic hydroxyl groups excluding tert-OH is 1. The molecule has 0 fully saturated rings. The molecule has 0 spiro atoms. The molecule has 1 aromatic carbocycles. The molecule has 0 radical (unpaired) electrons. The molecule has 0 aliphatic carbocycles. The molecule has 3 nitrogen and oxygen atoms in total. The molecule has 1 amide bonds. The smallest absolute Gasteiger partial charge is 0.387 e.